The summed E-state index contributed by atoms with van der Waals surface area (Å²) in [6, 6.07) is 6.00. The van der Waals surface area contributed by atoms with Gasteiger partial charge in [-0.15, -0.1) is 0 Å². The van der Waals surface area contributed by atoms with Crippen molar-refractivity contribution in [3.63, 3.8) is 0 Å². The highest BCUT2D eigenvalue weighted by molar-refractivity contribution is 5.18. The van der Waals surface area contributed by atoms with Crippen molar-refractivity contribution in [2.45, 2.75) is 31.5 Å². The molecule has 4 heteroatoms. The minimum Gasteiger partial charge on any atom is -0.388 e. The first-order chi connectivity index (χ1) is 8.75. The summed E-state index contributed by atoms with van der Waals surface area (Å²) in [5.74, 6) is -0.276. The third kappa shape index (κ3) is 4.05. The summed E-state index contributed by atoms with van der Waals surface area (Å²) in [4.78, 5) is 0. The Kier molecular flexibility index (Phi) is 5.11. The normalized spacial score (nSPS) is 21.1. The standard InChI is InChI=1S/C14H20FNO2/c15-12-5-3-11(4-6-12)14(17)7-8-16-10-13-2-1-9-18-13/h3-6,13-14,16-17H,1-2,7-10H2. The number of halogens is 1. The number of aliphatic hydroxyl groups excluding tert-OH is 1. The maximum atomic E-state index is 12.7. The van der Waals surface area contributed by atoms with Crippen molar-refractivity contribution in [2.24, 2.45) is 0 Å². The first-order valence-corrected chi connectivity index (χ1v) is 6.51. The van der Waals surface area contributed by atoms with Crippen molar-refractivity contribution in [1.82, 2.24) is 5.32 Å². The average molecular weight is 253 g/mol. The van der Waals surface area contributed by atoms with Crippen LogP contribution in [0.1, 0.15) is 30.9 Å². The molecule has 2 atom stereocenters. The molecular weight excluding hydrogens is 233 g/mol. The van der Waals surface area contributed by atoms with Crippen LogP contribution in [0.3, 0.4) is 0 Å². The highest BCUT2D eigenvalue weighted by atomic mass is 19.1. The Morgan fingerprint density at radius 1 is 1.39 bits per heavy atom. The maximum absolute atomic E-state index is 12.7. The highest BCUT2D eigenvalue weighted by Gasteiger charge is 2.14. The Balaban J connectivity index is 1.64. The van der Waals surface area contributed by atoms with Gasteiger partial charge in [-0.3, -0.25) is 0 Å². The number of nitrogens with one attached hydrogen (secondary N) is 1. The molecule has 1 aromatic rings. The number of hydrogen-bond donors (Lipinski definition) is 2. The zero-order chi connectivity index (χ0) is 12.8. The van der Waals surface area contributed by atoms with Crippen molar-refractivity contribution in [1.29, 1.82) is 0 Å². The first kappa shape index (κ1) is 13.5. The van der Waals surface area contributed by atoms with Gasteiger partial charge in [0.25, 0.3) is 0 Å². The summed E-state index contributed by atoms with van der Waals surface area (Å²) < 4.78 is 18.2. The van der Waals surface area contributed by atoms with Crippen LogP contribution >= 0.6 is 0 Å². The van der Waals surface area contributed by atoms with Gasteiger partial charge in [-0.25, -0.2) is 4.39 Å². The van der Waals surface area contributed by atoms with Crippen molar-refractivity contribution >= 4 is 0 Å². The van der Waals surface area contributed by atoms with Gasteiger partial charge in [0.1, 0.15) is 5.82 Å². The Hall–Kier alpha value is -0.970. The van der Waals surface area contributed by atoms with E-state index in [0.29, 0.717) is 12.5 Å². The van der Waals surface area contributed by atoms with Crippen molar-refractivity contribution in [3.8, 4) is 0 Å². The lowest BCUT2D eigenvalue weighted by molar-refractivity contribution is 0.107. The monoisotopic (exact) mass is 253 g/mol. The molecule has 0 aliphatic carbocycles. The van der Waals surface area contributed by atoms with Gasteiger partial charge in [-0.1, -0.05) is 12.1 Å². The molecule has 0 saturated carbocycles. The van der Waals surface area contributed by atoms with E-state index in [1.807, 2.05) is 0 Å². The molecule has 1 fully saturated rings. The molecular formula is C14H20FNO2. The SMILES string of the molecule is OC(CCNCC1CCCO1)c1ccc(F)cc1. The van der Waals surface area contributed by atoms with E-state index >= 15 is 0 Å². The van der Waals surface area contributed by atoms with E-state index < -0.39 is 6.10 Å². The zero-order valence-electron chi connectivity index (χ0n) is 10.4. The summed E-state index contributed by atoms with van der Waals surface area (Å²) in [6.07, 6.45) is 2.67. The molecule has 0 amide bonds. The van der Waals surface area contributed by atoms with Crippen molar-refractivity contribution in [2.75, 3.05) is 19.7 Å². The average Bonchev–Trinajstić information content (AvgIpc) is 2.88. The van der Waals surface area contributed by atoms with Gasteiger partial charge in [0.2, 0.25) is 0 Å². The first-order valence-electron chi connectivity index (χ1n) is 6.51. The largest absolute Gasteiger partial charge is 0.388 e. The fourth-order valence-electron chi connectivity index (χ4n) is 2.16. The van der Waals surface area contributed by atoms with Crippen LogP contribution in [0.5, 0.6) is 0 Å². The molecule has 18 heavy (non-hydrogen) atoms. The second kappa shape index (κ2) is 6.83. The van der Waals surface area contributed by atoms with E-state index in [-0.39, 0.29) is 5.82 Å². The van der Waals surface area contributed by atoms with E-state index in [9.17, 15) is 9.50 Å². The Morgan fingerprint density at radius 3 is 2.83 bits per heavy atom. The van der Waals surface area contributed by atoms with Crippen molar-refractivity contribution in [3.05, 3.63) is 35.6 Å². The minimum atomic E-state index is -0.539. The molecule has 2 unspecified atom stereocenters. The smallest absolute Gasteiger partial charge is 0.123 e. The molecule has 0 aromatic heterocycles. The molecule has 0 spiro atoms. The summed E-state index contributed by atoms with van der Waals surface area (Å²) in [5, 5.41) is 13.2. The predicted molar refractivity (Wildman–Crippen MR) is 67.8 cm³/mol. The molecule has 3 nitrogen and oxygen atoms in total. The van der Waals surface area contributed by atoms with Gasteiger partial charge in [0.05, 0.1) is 12.2 Å². The van der Waals surface area contributed by atoms with Gasteiger partial charge in [-0.2, -0.15) is 0 Å². The molecule has 0 bridgehead atoms. The maximum Gasteiger partial charge on any atom is 0.123 e. The second-order valence-corrected chi connectivity index (χ2v) is 4.70. The topological polar surface area (TPSA) is 41.5 Å². The van der Waals surface area contributed by atoms with E-state index in [2.05, 4.69) is 5.32 Å². The lowest BCUT2D eigenvalue weighted by atomic mass is 10.1. The van der Waals surface area contributed by atoms with Crippen LogP contribution in [0.4, 0.5) is 4.39 Å². The molecule has 0 radical (unpaired) electrons. The summed E-state index contributed by atoms with van der Waals surface area (Å²) >= 11 is 0. The molecule has 1 saturated heterocycles. The van der Waals surface area contributed by atoms with E-state index in [4.69, 9.17) is 4.74 Å². The fourth-order valence-corrected chi connectivity index (χ4v) is 2.16. The molecule has 1 aromatic carbocycles. The van der Waals surface area contributed by atoms with Crippen LogP contribution in [-0.2, 0) is 4.74 Å². The predicted octanol–water partition coefficient (Wildman–Crippen LogP) is 2.02. The van der Waals surface area contributed by atoms with Crippen LogP contribution in [0, 0.1) is 5.82 Å². The minimum absolute atomic E-state index is 0.276. The summed E-state index contributed by atoms with van der Waals surface area (Å²) in [5.41, 5.74) is 0.760. The van der Waals surface area contributed by atoms with Crippen LogP contribution < -0.4 is 5.32 Å². The van der Waals surface area contributed by atoms with Crippen LogP contribution in [0.2, 0.25) is 0 Å². The molecule has 1 heterocycles. The molecule has 2 rings (SSSR count). The fraction of sp³-hybridized carbons (Fsp3) is 0.571. The number of aliphatic hydroxyl groups is 1. The highest BCUT2D eigenvalue weighted by Crippen LogP contribution is 2.16. The Morgan fingerprint density at radius 2 is 2.17 bits per heavy atom. The molecule has 1 aliphatic heterocycles. The summed E-state index contributed by atoms with van der Waals surface area (Å²) in [6.45, 7) is 2.44. The van der Waals surface area contributed by atoms with Gasteiger partial charge in [0.15, 0.2) is 0 Å². The third-order valence-electron chi connectivity index (χ3n) is 3.25. The second-order valence-electron chi connectivity index (χ2n) is 4.70. The summed E-state index contributed by atoms with van der Waals surface area (Å²) in [7, 11) is 0. The molecule has 100 valence electrons. The number of benzene rings is 1. The Bertz CT molecular complexity index is 349. The molecule has 1 aliphatic rings. The van der Waals surface area contributed by atoms with Crippen LogP contribution in [0.15, 0.2) is 24.3 Å². The zero-order valence-corrected chi connectivity index (χ0v) is 10.4. The Labute approximate surface area is 107 Å². The van der Waals surface area contributed by atoms with Gasteiger partial charge in [0, 0.05) is 13.2 Å². The van der Waals surface area contributed by atoms with Crippen molar-refractivity contribution < 1.29 is 14.2 Å². The van der Waals surface area contributed by atoms with E-state index in [0.717, 1.165) is 38.1 Å². The van der Waals surface area contributed by atoms with E-state index in [1.165, 1.54) is 12.1 Å². The quantitative estimate of drug-likeness (QED) is 0.762. The molecule has 2 N–H and O–H groups in total. The van der Waals surface area contributed by atoms with Gasteiger partial charge >= 0.3 is 0 Å². The van der Waals surface area contributed by atoms with Crippen LogP contribution in [0.25, 0.3) is 0 Å². The third-order valence-corrected chi connectivity index (χ3v) is 3.25. The lowest BCUT2D eigenvalue weighted by Crippen LogP contribution is -2.27. The van der Waals surface area contributed by atoms with Gasteiger partial charge < -0.3 is 15.2 Å². The van der Waals surface area contributed by atoms with E-state index in [1.54, 1.807) is 12.1 Å². The number of ether oxygens (including phenoxy) is 1. The van der Waals surface area contributed by atoms with Crippen LogP contribution in [-0.4, -0.2) is 30.9 Å². The number of rotatable bonds is 6. The lowest BCUT2D eigenvalue weighted by Gasteiger charge is -2.13. The van der Waals surface area contributed by atoms with Gasteiger partial charge in [-0.05, 0) is 43.5 Å². The number of hydrogen-bond acceptors (Lipinski definition) is 3.